The molecule has 3 heterocycles. The first-order valence-corrected chi connectivity index (χ1v) is 10.7. The molecule has 1 aliphatic heterocycles. The molecule has 1 fully saturated rings. The van der Waals surface area contributed by atoms with Crippen LogP contribution in [0.15, 0.2) is 55.0 Å². The Morgan fingerprint density at radius 3 is 2.53 bits per heavy atom. The molecule has 0 N–H and O–H groups in total. The third kappa shape index (κ3) is 4.36. The zero-order chi connectivity index (χ0) is 21.1. The molecule has 2 aromatic heterocycles. The fourth-order valence-electron chi connectivity index (χ4n) is 3.96. The Morgan fingerprint density at radius 1 is 1.10 bits per heavy atom. The van der Waals surface area contributed by atoms with Gasteiger partial charge in [0, 0.05) is 59.7 Å². The molecule has 1 amide bonds. The van der Waals surface area contributed by atoms with E-state index in [1.54, 1.807) is 12.4 Å². The molecular weight excluding hydrogens is 396 g/mol. The number of hydrogen-bond acceptors (Lipinski definition) is 4. The number of amides is 1. The standard InChI is InChI=1S/C24H25ClN4O/c1-16(2)24(30)29-13-3-4-19(15-29)22-21(17-9-11-26-12-10-17)14-27-23(28-22)18-5-7-20(25)8-6-18/h5-12,14,16,19H,3-4,13,15H2,1-2H3. The van der Waals surface area contributed by atoms with Gasteiger partial charge in [-0.3, -0.25) is 9.78 Å². The van der Waals surface area contributed by atoms with Crippen LogP contribution in [0.2, 0.25) is 5.02 Å². The van der Waals surface area contributed by atoms with Crippen molar-refractivity contribution in [3.05, 3.63) is 65.7 Å². The first kappa shape index (κ1) is 20.5. The fourth-order valence-corrected chi connectivity index (χ4v) is 4.09. The number of piperidine rings is 1. The fraction of sp³-hybridized carbons (Fsp3) is 0.333. The second kappa shape index (κ2) is 8.92. The Balaban J connectivity index is 1.75. The number of halogens is 1. The summed E-state index contributed by atoms with van der Waals surface area (Å²) in [5.41, 5.74) is 3.95. The lowest BCUT2D eigenvalue weighted by Gasteiger charge is -2.34. The quantitative estimate of drug-likeness (QED) is 0.580. The number of carbonyl (C=O) groups is 1. The van der Waals surface area contributed by atoms with Crippen LogP contribution < -0.4 is 0 Å². The summed E-state index contributed by atoms with van der Waals surface area (Å²) >= 11 is 6.04. The molecular formula is C24H25ClN4O. The van der Waals surface area contributed by atoms with Gasteiger partial charge in [-0.2, -0.15) is 0 Å². The predicted octanol–water partition coefficient (Wildman–Crippen LogP) is 5.22. The summed E-state index contributed by atoms with van der Waals surface area (Å²) in [4.78, 5) is 28.4. The Kier molecular flexibility index (Phi) is 6.09. The summed E-state index contributed by atoms with van der Waals surface area (Å²) < 4.78 is 0. The highest BCUT2D eigenvalue weighted by atomic mass is 35.5. The van der Waals surface area contributed by atoms with Crippen LogP contribution in [0.3, 0.4) is 0 Å². The Morgan fingerprint density at radius 2 is 1.83 bits per heavy atom. The van der Waals surface area contributed by atoms with Crippen molar-refractivity contribution in [2.24, 2.45) is 5.92 Å². The molecule has 3 aromatic rings. The number of benzene rings is 1. The lowest BCUT2D eigenvalue weighted by molar-refractivity contribution is -0.135. The summed E-state index contributed by atoms with van der Waals surface area (Å²) in [6.07, 6.45) is 7.42. The van der Waals surface area contributed by atoms with Gasteiger partial charge in [-0.1, -0.05) is 25.4 Å². The molecule has 4 rings (SSSR count). The van der Waals surface area contributed by atoms with Gasteiger partial charge in [0.1, 0.15) is 0 Å². The van der Waals surface area contributed by atoms with E-state index in [-0.39, 0.29) is 17.7 Å². The van der Waals surface area contributed by atoms with E-state index >= 15 is 0 Å². The number of hydrogen-bond donors (Lipinski definition) is 0. The highest BCUT2D eigenvalue weighted by molar-refractivity contribution is 6.30. The Bertz CT molecular complexity index is 1020. The first-order valence-electron chi connectivity index (χ1n) is 10.3. The van der Waals surface area contributed by atoms with Crippen LogP contribution in [-0.4, -0.2) is 38.8 Å². The Labute approximate surface area is 182 Å². The van der Waals surface area contributed by atoms with Gasteiger partial charge < -0.3 is 4.90 Å². The predicted molar refractivity (Wildman–Crippen MR) is 119 cm³/mol. The van der Waals surface area contributed by atoms with E-state index in [1.807, 2.05) is 61.3 Å². The average molecular weight is 421 g/mol. The molecule has 1 unspecified atom stereocenters. The monoisotopic (exact) mass is 420 g/mol. The minimum atomic E-state index is -0.00144. The van der Waals surface area contributed by atoms with Gasteiger partial charge in [0.2, 0.25) is 5.91 Å². The van der Waals surface area contributed by atoms with Gasteiger partial charge in [-0.05, 0) is 54.8 Å². The van der Waals surface area contributed by atoms with Crippen LogP contribution in [0.4, 0.5) is 0 Å². The third-order valence-corrected chi connectivity index (χ3v) is 5.78. The van der Waals surface area contributed by atoms with Crippen LogP contribution >= 0.6 is 11.6 Å². The second-order valence-electron chi connectivity index (χ2n) is 8.01. The van der Waals surface area contributed by atoms with Crippen molar-refractivity contribution in [3.63, 3.8) is 0 Å². The van der Waals surface area contributed by atoms with Gasteiger partial charge >= 0.3 is 0 Å². The van der Waals surface area contributed by atoms with Gasteiger partial charge in [0.25, 0.3) is 0 Å². The summed E-state index contributed by atoms with van der Waals surface area (Å²) in [7, 11) is 0. The molecule has 1 aromatic carbocycles. The number of pyridine rings is 1. The lowest BCUT2D eigenvalue weighted by atomic mass is 9.89. The molecule has 5 nitrogen and oxygen atoms in total. The molecule has 1 atom stereocenters. The van der Waals surface area contributed by atoms with E-state index in [2.05, 4.69) is 9.97 Å². The number of carbonyl (C=O) groups excluding carboxylic acids is 1. The van der Waals surface area contributed by atoms with Crippen molar-refractivity contribution in [2.75, 3.05) is 13.1 Å². The normalized spacial score (nSPS) is 16.7. The molecule has 6 heteroatoms. The van der Waals surface area contributed by atoms with Gasteiger partial charge in [-0.15, -0.1) is 0 Å². The van der Waals surface area contributed by atoms with Gasteiger partial charge in [0.15, 0.2) is 5.82 Å². The van der Waals surface area contributed by atoms with Crippen molar-refractivity contribution in [1.82, 2.24) is 19.9 Å². The van der Waals surface area contributed by atoms with E-state index in [0.717, 1.165) is 41.8 Å². The molecule has 1 aliphatic rings. The van der Waals surface area contributed by atoms with Crippen molar-refractivity contribution >= 4 is 17.5 Å². The van der Waals surface area contributed by atoms with Crippen LogP contribution in [0.1, 0.15) is 38.3 Å². The van der Waals surface area contributed by atoms with Gasteiger partial charge in [0.05, 0.1) is 5.69 Å². The zero-order valence-electron chi connectivity index (χ0n) is 17.3. The van der Waals surface area contributed by atoms with Gasteiger partial charge in [-0.25, -0.2) is 9.97 Å². The largest absolute Gasteiger partial charge is 0.342 e. The van der Waals surface area contributed by atoms with E-state index in [0.29, 0.717) is 17.4 Å². The maximum absolute atomic E-state index is 12.6. The highest BCUT2D eigenvalue weighted by Crippen LogP contribution is 2.34. The summed E-state index contributed by atoms with van der Waals surface area (Å²) in [6, 6.07) is 11.5. The molecule has 0 aliphatic carbocycles. The average Bonchev–Trinajstić information content (AvgIpc) is 2.79. The highest BCUT2D eigenvalue weighted by Gasteiger charge is 2.29. The molecule has 0 radical (unpaired) electrons. The van der Waals surface area contributed by atoms with Crippen molar-refractivity contribution in [2.45, 2.75) is 32.6 Å². The molecule has 154 valence electrons. The number of nitrogens with zero attached hydrogens (tertiary/aromatic N) is 4. The maximum Gasteiger partial charge on any atom is 0.225 e. The zero-order valence-corrected chi connectivity index (χ0v) is 18.0. The minimum absolute atomic E-state index is 0.00144. The van der Waals surface area contributed by atoms with E-state index < -0.39 is 0 Å². The SMILES string of the molecule is CC(C)C(=O)N1CCCC(c2nc(-c3ccc(Cl)cc3)ncc2-c2ccncc2)C1. The summed E-state index contributed by atoms with van der Waals surface area (Å²) in [6.45, 7) is 5.41. The minimum Gasteiger partial charge on any atom is -0.342 e. The van der Waals surface area contributed by atoms with Crippen LogP contribution in [-0.2, 0) is 4.79 Å². The van der Waals surface area contributed by atoms with Crippen molar-refractivity contribution < 1.29 is 4.79 Å². The lowest BCUT2D eigenvalue weighted by Crippen LogP contribution is -2.41. The van der Waals surface area contributed by atoms with Crippen molar-refractivity contribution in [1.29, 1.82) is 0 Å². The van der Waals surface area contributed by atoms with E-state index in [9.17, 15) is 4.79 Å². The van der Waals surface area contributed by atoms with Crippen LogP contribution in [0.25, 0.3) is 22.5 Å². The smallest absolute Gasteiger partial charge is 0.225 e. The first-order chi connectivity index (χ1) is 14.5. The summed E-state index contributed by atoms with van der Waals surface area (Å²) in [5, 5.41) is 0.683. The number of rotatable bonds is 4. The Hall–Kier alpha value is -2.79. The van der Waals surface area contributed by atoms with E-state index in [4.69, 9.17) is 16.6 Å². The van der Waals surface area contributed by atoms with Crippen LogP contribution in [0.5, 0.6) is 0 Å². The third-order valence-electron chi connectivity index (χ3n) is 5.53. The number of aromatic nitrogens is 3. The molecule has 1 saturated heterocycles. The number of likely N-dealkylation sites (tertiary alicyclic amines) is 1. The van der Waals surface area contributed by atoms with Crippen LogP contribution in [0, 0.1) is 5.92 Å². The topological polar surface area (TPSA) is 59.0 Å². The molecule has 0 spiro atoms. The maximum atomic E-state index is 12.6. The summed E-state index contributed by atoms with van der Waals surface area (Å²) in [5.74, 6) is 1.04. The molecule has 0 saturated carbocycles. The molecule has 0 bridgehead atoms. The molecule has 30 heavy (non-hydrogen) atoms. The van der Waals surface area contributed by atoms with Crippen molar-refractivity contribution in [3.8, 4) is 22.5 Å². The van der Waals surface area contributed by atoms with E-state index in [1.165, 1.54) is 0 Å². The second-order valence-corrected chi connectivity index (χ2v) is 8.45.